The molecule has 1 amide bonds. The molecule has 1 atom stereocenters. The molecule has 5 heteroatoms. The molecule has 0 radical (unpaired) electrons. The molecule has 0 saturated heterocycles. The molecule has 4 nitrogen and oxygen atoms in total. The van der Waals surface area contributed by atoms with Gasteiger partial charge in [0.05, 0.1) is 13.2 Å². The van der Waals surface area contributed by atoms with Crippen molar-refractivity contribution in [1.82, 2.24) is 5.32 Å². The average Bonchev–Trinajstić information content (AvgIpc) is 2.58. The van der Waals surface area contributed by atoms with Crippen LogP contribution in [0.15, 0.2) is 48.5 Å². The fraction of sp³-hybridized carbons (Fsp3) is 0.381. The van der Waals surface area contributed by atoms with Crippen LogP contribution in [0.1, 0.15) is 34.6 Å². The number of ether oxygens (including phenoxy) is 1. The van der Waals surface area contributed by atoms with Crippen molar-refractivity contribution in [2.24, 2.45) is 5.73 Å². The van der Waals surface area contributed by atoms with Crippen LogP contribution in [0.3, 0.4) is 0 Å². The SMILES string of the molecule is Cc1cc(C)cc(COCC(CNC(=O)CCN)c2ccccc2)c1.Cl. The number of halogens is 1. The van der Waals surface area contributed by atoms with E-state index in [-0.39, 0.29) is 24.2 Å². The van der Waals surface area contributed by atoms with Crippen molar-refractivity contribution in [2.45, 2.75) is 32.8 Å². The van der Waals surface area contributed by atoms with Gasteiger partial charge in [-0.2, -0.15) is 0 Å². The van der Waals surface area contributed by atoms with Crippen LogP contribution in [0, 0.1) is 13.8 Å². The number of aryl methyl sites for hydroxylation is 2. The van der Waals surface area contributed by atoms with E-state index in [4.69, 9.17) is 10.5 Å². The fourth-order valence-electron chi connectivity index (χ4n) is 2.93. The zero-order valence-corrected chi connectivity index (χ0v) is 16.4. The summed E-state index contributed by atoms with van der Waals surface area (Å²) < 4.78 is 5.96. The number of carbonyl (C=O) groups is 1. The number of hydrogen-bond donors (Lipinski definition) is 2. The number of hydrogen-bond acceptors (Lipinski definition) is 3. The van der Waals surface area contributed by atoms with E-state index >= 15 is 0 Å². The van der Waals surface area contributed by atoms with Gasteiger partial charge in [-0.25, -0.2) is 0 Å². The fourth-order valence-corrected chi connectivity index (χ4v) is 2.93. The van der Waals surface area contributed by atoms with Crippen molar-refractivity contribution in [3.63, 3.8) is 0 Å². The summed E-state index contributed by atoms with van der Waals surface area (Å²) in [6, 6.07) is 16.6. The molecule has 26 heavy (non-hydrogen) atoms. The van der Waals surface area contributed by atoms with E-state index in [0.717, 1.165) is 5.56 Å². The minimum atomic E-state index is -0.0160. The molecule has 0 aliphatic heterocycles. The Balaban J connectivity index is 0.00000338. The molecular weight excluding hydrogens is 348 g/mol. The van der Waals surface area contributed by atoms with Crippen LogP contribution in [-0.4, -0.2) is 25.6 Å². The molecule has 0 heterocycles. The van der Waals surface area contributed by atoms with Crippen LogP contribution in [0.4, 0.5) is 0 Å². The highest BCUT2D eigenvalue weighted by molar-refractivity contribution is 5.85. The Kier molecular flexibility index (Phi) is 9.96. The molecular formula is C21H29ClN2O2. The first-order valence-electron chi connectivity index (χ1n) is 8.75. The quantitative estimate of drug-likeness (QED) is 0.704. The van der Waals surface area contributed by atoms with E-state index in [0.29, 0.717) is 32.7 Å². The first kappa shape index (κ1) is 22.2. The summed E-state index contributed by atoms with van der Waals surface area (Å²) in [7, 11) is 0. The third-order valence-corrected chi connectivity index (χ3v) is 4.06. The molecule has 2 aromatic rings. The molecule has 0 aliphatic carbocycles. The highest BCUT2D eigenvalue weighted by Gasteiger charge is 2.13. The van der Waals surface area contributed by atoms with E-state index < -0.39 is 0 Å². The number of amides is 1. The van der Waals surface area contributed by atoms with Gasteiger partial charge in [0.2, 0.25) is 5.91 Å². The van der Waals surface area contributed by atoms with Crippen molar-refractivity contribution < 1.29 is 9.53 Å². The van der Waals surface area contributed by atoms with Crippen molar-refractivity contribution >= 4 is 18.3 Å². The Morgan fingerprint density at radius 1 is 1.12 bits per heavy atom. The number of rotatable bonds is 9. The van der Waals surface area contributed by atoms with Crippen molar-refractivity contribution in [2.75, 3.05) is 19.7 Å². The average molecular weight is 377 g/mol. The number of benzene rings is 2. The predicted octanol–water partition coefficient (Wildman–Crippen LogP) is 3.49. The molecule has 0 spiro atoms. The van der Waals surface area contributed by atoms with Crippen molar-refractivity contribution in [3.05, 3.63) is 70.8 Å². The Hall–Kier alpha value is -1.88. The van der Waals surface area contributed by atoms with Crippen LogP contribution >= 0.6 is 12.4 Å². The Labute approximate surface area is 162 Å². The second-order valence-corrected chi connectivity index (χ2v) is 6.46. The maximum Gasteiger partial charge on any atom is 0.221 e. The van der Waals surface area contributed by atoms with E-state index in [1.54, 1.807) is 0 Å². The zero-order valence-electron chi connectivity index (χ0n) is 15.5. The molecule has 0 aliphatic rings. The topological polar surface area (TPSA) is 64.3 Å². The lowest BCUT2D eigenvalue weighted by atomic mass is 10.00. The summed E-state index contributed by atoms with van der Waals surface area (Å²) in [5.41, 5.74) is 10.3. The van der Waals surface area contributed by atoms with Crippen molar-refractivity contribution in [3.8, 4) is 0 Å². The molecule has 2 aromatic carbocycles. The molecule has 0 aromatic heterocycles. The van der Waals surface area contributed by atoms with E-state index in [1.807, 2.05) is 18.2 Å². The maximum atomic E-state index is 11.7. The van der Waals surface area contributed by atoms with Gasteiger partial charge in [0.1, 0.15) is 0 Å². The molecule has 142 valence electrons. The third kappa shape index (κ3) is 7.56. The standard InChI is InChI=1S/C21H28N2O2.ClH/c1-16-10-17(2)12-18(11-16)14-25-15-20(13-23-21(24)8-9-22)19-6-4-3-5-7-19;/h3-7,10-12,20H,8-9,13-15,22H2,1-2H3,(H,23,24);1H. The van der Waals surface area contributed by atoms with Gasteiger partial charge in [0.15, 0.2) is 0 Å². The van der Waals surface area contributed by atoms with E-state index in [2.05, 4.69) is 49.5 Å². The first-order valence-corrected chi connectivity index (χ1v) is 8.75. The highest BCUT2D eigenvalue weighted by Crippen LogP contribution is 2.17. The van der Waals surface area contributed by atoms with Gasteiger partial charge in [-0.15, -0.1) is 12.4 Å². The lowest BCUT2D eigenvalue weighted by molar-refractivity contribution is -0.121. The van der Waals surface area contributed by atoms with Crippen LogP contribution in [0.5, 0.6) is 0 Å². The van der Waals surface area contributed by atoms with Crippen LogP contribution in [0.2, 0.25) is 0 Å². The first-order chi connectivity index (χ1) is 12.1. The summed E-state index contributed by atoms with van der Waals surface area (Å²) in [5, 5.41) is 2.95. The van der Waals surface area contributed by atoms with Crippen molar-refractivity contribution in [1.29, 1.82) is 0 Å². The summed E-state index contributed by atoms with van der Waals surface area (Å²) in [6.07, 6.45) is 0.352. The third-order valence-electron chi connectivity index (χ3n) is 4.06. The number of nitrogens with one attached hydrogen (secondary N) is 1. The van der Waals surface area contributed by atoms with Gasteiger partial charge >= 0.3 is 0 Å². The monoisotopic (exact) mass is 376 g/mol. The predicted molar refractivity (Wildman–Crippen MR) is 109 cm³/mol. The summed E-state index contributed by atoms with van der Waals surface area (Å²) in [6.45, 7) is 6.23. The van der Waals surface area contributed by atoms with Crippen LogP contribution in [0.25, 0.3) is 0 Å². The number of nitrogens with two attached hydrogens (primary N) is 1. The lowest BCUT2D eigenvalue weighted by Crippen LogP contribution is -2.31. The molecule has 0 fully saturated rings. The Bertz CT molecular complexity index is 657. The lowest BCUT2D eigenvalue weighted by Gasteiger charge is -2.18. The normalized spacial score (nSPS) is 11.5. The van der Waals surface area contributed by atoms with Gasteiger partial charge in [-0.1, -0.05) is 59.7 Å². The van der Waals surface area contributed by atoms with E-state index in [9.17, 15) is 4.79 Å². The minimum absolute atomic E-state index is 0. The molecule has 3 N–H and O–H groups in total. The molecule has 0 saturated carbocycles. The minimum Gasteiger partial charge on any atom is -0.376 e. The smallest absolute Gasteiger partial charge is 0.221 e. The Morgan fingerprint density at radius 3 is 2.38 bits per heavy atom. The highest BCUT2D eigenvalue weighted by atomic mass is 35.5. The summed E-state index contributed by atoms with van der Waals surface area (Å²) in [5.74, 6) is 0.103. The second-order valence-electron chi connectivity index (χ2n) is 6.46. The molecule has 2 rings (SSSR count). The van der Waals surface area contributed by atoms with Gasteiger partial charge in [-0.05, 0) is 25.0 Å². The maximum absolute atomic E-state index is 11.7. The number of carbonyl (C=O) groups excluding carboxylic acids is 1. The van der Waals surface area contributed by atoms with Gasteiger partial charge in [0.25, 0.3) is 0 Å². The van der Waals surface area contributed by atoms with Gasteiger partial charge in [0, 0.05) is 25.4 Å². The zero-order chi connectivity index (χ0) is 18.1. The van der Waals surface area contributed by atoms with E-state index in [1.165, 1.54) is 16.7 Å². The summed E-state index contributed by atoms with van der Waals surface area (Å²) >= 11 is 0. The second kappa shape index (κ2) is 11.7. The van der Waals surface area contributed by atoms with Gasteiger partial charge < -0.3 is 15.8 Å². The molecule has 1 unspecified atom stereocenters. The Morgan fingerprint density at radius 2 is 1.77 bits per heavy atom. The van der Waals surface area contributed by atoms with Gasteiger partial charge in [-0.3, -0.25) is 4.79 Å². The summed E-state index contributed by atoms with van der Waals surface area (Å²) in [4.78, 5) is 11.7. The van der Waals surface area contributed by atoms with Crippen LogP contribution < -0.4 is 11.1 Å². The molecule has 0 bridgehead atoms. The largest absolute Gasteiger partial charge is 0.376 e. The van der Waals surface area contributed by atoms with Crippen LogP contribution in [-0.2, 0) is 16.1 Å².